The highest BCUT2D eigenvalue weighted by Gasteiger charge is 2.25. The maximum Gasteiger partial charge on any atom is 0.253 e. The van der Waals surface area contributed by atoms with Crippen molar-refractivity contribution in [2.45, 2.75) is 12.8 Å². The number of carbonyl (C=O) groups is 2. The fourth-order valence-corrected chi connectivity index (χ4v) is 3.40. The molecule has 0 spiro atoms. The Morgan fingerprint density at radius 2 is 1.62 bits per heavy atom. The van der Waals surface area contributed by atoms with Gasteiger partial charge in [0.15, 0.2) is 0 Å². The lowest BCUT2D eigenvalue weighted by Gasteiger charge is -2.35. The van der Waals surface area contributed by atoms with Crippen molar-refractivity contribution in [2.75, 3.05) is 52.4 Å². The van der Waals surface area contributed by atoms with E-state index >= 15 is 0 Å². The van der Waals surface area contributed by atoms with Gasteiger partial charge in [-0.05, 0) is 37.1 Å². The fraction of sp³-hybridized carbons (Fsp3) is 0.500. The molecule has 2 heterocycles. The van der Waals surface area contributed by atoms with Gasteiger partial charge in [0.25, 0.3) is 5.91 Å². The molecular weight excluding hydrogens is 330 g/mol. The predicted octanol–water partition coefficient (Wildman–Crippen LogP) is 1.63. The van der Waals surface area contributed by atoms with Crippen molar-refractivity contribution in [3.63, 3.8) is 0 Å². The highest BCUT2D eigenvalue weighted by Crippen LogP contribution is 2.15. The summed E-state index contributed by atoms with van der Waals surface area (Å²) in [6, 6.07) is 7.21. The van der Waals surface area contributed by atoms with Crippen LogP contribution in [-0.2, 0) is 4.79 Å². The van der Waals surface area contributed by atoms with E-state index in [1.54, 1.807) is 18.2 Å². The van der Waals surface area contributed by atoms with Gasteiger partial charge in [-0.25, -0.2) is 0 Å². The van der Waals surface area contributed by atoms with E-state index in [-0.39, 0.29) is 11.8 Å². The van der Waals surface area contributed by atoms with E-state index in [0.717, 1.165) is 44.8 Å². The first kappa shape index (κ1) is 18.5. The van der Waals surface area contributed by atoms with Crippen LogP contribution in [-0.4, -0.2) is 78.9 Å². The maximum atomic E-state index is 12.6. The molecule has 3 rings (SSSR count). The second-order valence-electron chi connectivity index (χ2n) is 6.78. The van der Waals surface area contributed by atoms with E-state index in [9.17, 15) is 9.59 Å². The number of carbonyl (C=O) groups excluding carboxylic acids is 2. The summed E-state index contributed by atoms with van der Waals surface area (Å²) in [7, 11) is 0. The third-order valence-electron chi connectivity index (χ3n) is 4.95. The Morgan fingerprint density at radius 1 is 0.962 bits per heavy atom. The minimum Gasteiger partial charge on any atom is -0.490 e. The van der Waals surface area contributed by atoms with E-state index < -0.39 is 0 Å². The van der Waals surface area contributed by atoms with Gasteiger partial charge in [0.2, 0.25) is 5.91 Å². The van der Waals surface area contributed by atoms with Crippen molar-refractivity contribution in [3.05, 3.63) is 42.5 Å². The Balaban J connectivity index is 1.47. The summed E-state index contributed by atoms with van der Waals surface area (Å²) in [5, 5.41) is 0. The van der Waals surface area contributed by atoms with Gasteiger partial charge in [-0.2, -0.15) is 0 Å². The molecule has 0 saturated carbocycles. The molecule has 2 amide bonds. The molecule has 2 aliphatic rings. The molecule has 0 unspecified atom stereocenters. The Morgan fingerprint density at radius 3 is 2.23 bits per heavy atom. The Bertz CT molecular complexity index is 630. The predicted molar refractivity (Wildman–Crippen MR) is 100 cm³/mol. The minimum atomic E-state index is 0.0331. The van der Waals surface area contributed by atoms with E-state index in [1.807, 2.05) is 21.9 Å². The lowest BCUT2D eigenvalue weighted by atomic mass is 10.1. The quantitative estimate of drug-likeness (QED) is 0.726. The number of ether oxygens (including phenoxy) is 1. The van der Waals surface area contributed by atoms with Gasteiger partial charge < -0.3 is 14.5 Å². The molecule has 6 nitrogen and oxygen atoms in total. The molecule has 0 aliphatic carbocycles. The van der Waals surface area contributed by atoms with Crippen molar-refractivity contribution < 1.29 is 14.3 Å². The second kappa shape index (κ2) is 8.85. The maximum absolute atomic E-state index is 12.6. The molecule has 2 fully saturated rings. The van der Waals surface area contributed by atoms with Gasteiger partial charge in [0.05, 0.1) is 6.54 Å². The molecule has 1 aromatic rings. The van der Waals surface area contributed by atoms with Crippen LogP contribution in [0.1, 0.15) is 23.2 Å². The summed E-state index contributed by atoms with van der Waals surface area (Å²) in [5.41, 5.74) is 0.664. The third kappa shape index (κ3) is 4.64. The van der Waals surface area contributed by atoms with Crippen LogP contribution in [0, 0.1) is 0 Å². The van der Waals surface area contributed by atoms with E-state index in [1.165, 1.54) is 0 Å². The van der Waals surface area contributed by atoms with Gasteiger partial charge >= 0.3 is 0 Å². The van der Waals surface area contributed by atoms with Crippen molar-refractivity contribution in [2.24, 2.45) is 0 Å². The number of hydrogen-bond donors (Lipinski definition) is 0. The number of rotatable bonds is 6. The average molecular weight is 357 g/mol. The van der Waals surface area contributed by atoms with Crippen molar-refractivity contribution in [1.82, 2.24) is 14.7 Å². The molecule has 2 aliphatic heterocycles. The lowest BCUT2D eigenvalue weighted by Crippen LogP contribution is -2.51. The summed E-state index contributed by atoms with van der Waals surface area (Å²) in [4.78, 5) is 30.8. The zero-order valence-corrected chi connectivity index (χ0v) is 15.2. The molecule has 26 heavy (non-hydrogen) atoms. The summed E-state index contributed by atoms with van der Waals surface area (Å²) >= 11 is 0. The molecule has 0 N–H and O–H groups in total. The largest absolute Gasteiger partial charge is 0.490 e. The SMILES string of the molecule is C=CCOc1ccc(C(=O)N2CCN(CC(=O)N3CCCC3)CC2)cc1. The van der Waals surface area contributed by atoms with Crippen LogP contribution in [0.15, 0.2) is 36.9 Å². The highest BCUT2D eigenvalue weighted by molar-refractivity contribution is 5.94. The first-order valence-electron chi connectivity index (χ1n) is 9.30. The fourth-order valence-electron chi connectivity index (χ4n) is 3.40. The number of benzene rings is 1. The van der Waals surface area contributed by atoms with E-state index in [4.69, 9.17) is 4.74 Å². The molecule has 0 aromatic heterocycles. The van der Waals surface area contributed by atoms with Gasteiger partial charge in [-0.1, -0.05) is 12.7 Å². The van der Waals surface area contributed by atoms with Crippen LogP contribution in [0.2, 0.25) is 0 Å². The third-order valence-corrected chi connectivity index (χ3v) is 4.95. The number of hydrogen-bond acceptors (Lipinski definition) is 4. The zero-order valence-electron chi connectivity index (χ0n) is 15.2. The molecule has 6 heteroatoms. The second-order valence-corrected chi connectivity index (χ2v) is 6.78. The van der Waals surface area contributed by atoms with Crippen LogP contribution in [0.5, 0.6) is 5.75 Å². The van der Waals surface area contributed by atoms with Gasteiger partial charge in [0, 0.05) is 44.8 Å². The van der Waals surface area contributed by atoms with Crippen LogP contribution < -0.4 is 4.74 Å². The monoisotopic (exact) mass is 357 g/mol. The Labute approximate surface area is 155 Å². The van der Waals surface area contributed by atoms with Gasteiger partial charge in [0.1, 0.15) is 12.4 Å². The minimum absolute atomic E-state index is 0.0331. The first-order chi connectivity index (χ1) is 12.7. The molecule has 2 saturated heterocycles. The summed E-state index contributed by atoms with van der Waals surface area (Å²) in [5.74, 6) is 0.981. The topological polar surface area (TPSA) is 53.1 Å². The van der Waals surface area contributed by atoms with Gasteiger partial charge in [-0.15, -0.1) is 0 Å². The number of amides is 2. The number of piperazine rings is 1. The molecule has 0 radical (unpaired) electrons. The molecule has 140 valence electrons. The van der Waals surface area contributed by atoms with E-state index in [2.05, 4.69) is 11.5 Å². The van der Waals surface area contributed by atoms with Crippen LogP contribution >= 0.6 is 0 Å². The number of likely N-dealkylation sites (tertiary alicyclic amines) is 1. The van der Waals surface area contributed by atoms with Crippen molar-refractivity contribution >= 4 is 11.8 Å². The molecular formula is C20H27N3O3. The average Bonchev–Trinajstić information content (AvgIpc) is 3.22. The standard InChI is InChI=1S/C20H27N3O3/c1-2-15-26-18-7-5-17(6-8-18)20(25)23-13-11-21(12-14-23)16-19(24)22-9-3-4-10-22/h2,5-8H,1,3-4,9-16H2. The molecule has 0 bridgehead atoms. The summed E-state index contributed by atoms with van der Waals surface area (Å²) in [6.45, 7) is 9.11. The van der Waals surface area contributed by atoms with Crippen LogP contribution in [0.3, 0.4) is 0 Å². The zero-order chi connectivity index (χ0) is 18.4. The van der Waals surface area contributed by atoms with Gasteiger partial charge in [-0.3, -0.25) is 14.5 Å². The van der Waals surface area contributed by atoms with Crippen LogP contribution in [0.25, 0.3) is 0 Å². The number of nitrogens with zero attached hydrogens (tertiary/aromatic N) is 3. The summed E-state index contributed by atoms with van der Waals surface area (Å²) in [6.07, 6.45) is 3.92. The van der Waals surface area contributed by atoms with Crippen molar-refractivity contribution in [1.29, 1.82) is 0 Å². The molecule has 0 atom stereocenters. The molecule has 1 aromatic carbocycles. The highest BCUT2D eigenvalue weighted by atomic mass is 16.5. The smallest absolute Gasteiger partial charge is 0.253 e. The first-order valence-corrected chi connectivity index (χ1v) is 9.30. The Hall–Kier alpha value is -2.34. The van der Waals surface area contributed by atoms with Crippen LogP contribution in [0.4, 0.5) is 0 Å². The normalized spacial score (nSPS) is 18.0. The summed E-state index contributed by atoms with van der Waals surface area (Å²) < 4.78 is 5.44. The van der Waals surface area contributed by atoms with Crippen molar-refractivity contribution in [3.8, 4) is 5.75 Å². The van der Waals surface area contributed by atoms with E-state index in [0.29, 0.717) is 31.8 Å². The Kier molecular flexibility index (Phi) is 6.28. The lowest BCUT2D eigenvalue weighted by molar-refractivity contribution is -0.131.